The molecule has 0 bridgehead atoms. The molecule has 1 atom stereocenters. The van der Waals surface area contributed by atoms with Gasteiger partial charge in [0, 0.05) is 12.6 Å². The van der Waals surface area contributed by atoms with Crippen LogP contribution in [0.25, 0.3) is 0 Å². The van der Waals surface area contributed by atoms with Crippen molar-refractivity contribution in [2.45, 2.75) is 44.6 Å². The molecule has 100 valence electrons. The first-order valence-electron chi connectivity index (χ1n) is 7.24. The minimum atomic E-state index is 0.510. The minimum absolute atomic E-state index is 0.510. The third-order valence-electron chi connectivity index (χ3n) is 5.07. The summed E-state index contributed by atoms with van der Waals surface area (Å²) in [7, 11) is 4.54. The Morgan fingerprint density at radius 3 is 2.59 bits per heavy atom. The zero-order valence-electron chi connectivity index (χ0n) is 11.6. The second kappa shape index (κ2) is 5.68. The zero-order chi connectivity index (χ0) is 12.3. The SMILES string of the molecule is CN(CCC1(CN)CCC1)CC1CCCN1C. The van der Waals surface area contributed by atoms with Gasteiger partial charge in [-0.3, -0.25) is 0 Å². The Labute approximate surface area is 106 Å². The Morgan fingerprint density at radius 1 is 1.35 bits per heavy atom. The highest BCUT2D eigenvalue weighted by Crippen LogP contribution is 2.42. The van der Waals surface area contributed by atoms with Gasteiger partial charge >= 0.3 is 0 Å². The normalized spacial score (nSPS) is 28.6. The Hall–Kier alpha value is -0.120. The van der Waals surface area contributed by atoms with Crippen LogP contribution in [0.4, 0.5) is 0 Å². The van der Waals surface area contributed by atoms with E-state index in [1.54, 1.807) is 0 Å². The van der Waals surface area contributed by atoms with Crippen LogP contribution in [0.5, 0.6) is 0 Å². The topological polar surface area (TPSA) is 32.5 Å². The van der Waals surface area contributed by atoms with Gasteiger partial charge in [-0.25, -0.2) is 0 Å². The number of likely N-dealkylation sites (tertiary alicyclic amines) is 1. The van der Waals surface area contributed by atoms with Gasteiger partial charge in [-0.15, -0.1) is 0 Å². The molecule has 1 heterocycles. The number of nitrogens with two attached hydrogens (primary N) is 1. The van der Waals surface area contributed by atoms with Gasteiger partial charge in [-0.1, -0.05) is 6.42 Å². The van der Waals surface area contributed by atoms with Crippen LogP contribution in [-0.2, 0) is 0 Å². The first-order chi connectivity index (χ1) is 8.15. The van der Waals surface area contributed by atoms with E-state index in [9.17, 15) is 0 Å². The van der Waals surface area contributed by atoms with Gasteiger partial charge in [0.1, 0.15) is 0 Å². The predicted molar refractivity (Wildman–Crippen MR) is 73.1 cm³/mol. The molecule has 2 rings (SSSR count). The fourth-order valence-corrected chi connectivity index (χ4v) is 3.32. The van der Waals surface area contributed by atoms with E-state index in [2.05, 4.69) is 23.9 Å². The van der Waals surface area contributed by atoms with Gasteiger partial charge in [0.05, 0.1) is 0 Å². The molecule has 0 aromatic carbocycles. The summed E-state index contributed by atoms with van der Waals surface area (Å²) in [4.78, 5) is 5.03. The largest absolute Gasteiger partial charge is 0.330 e. The van der Waals surface area contributed by atoms with E-state index in [-0.39, 0.29) is 0 Å². The van der Waals surface area contributed by atoms with Crippen molar-refractivity contribution < 1.29 is 0 Å². The van der Waals surface area contributed by atoms with Crippen LogP contribution in [0, 0.1) is 5.41 Å². The van der Waals surface area contributed by atoms with Crippen LogP contribution in [0.15, 0.2) is 0 Å². The number of nitrogens with zero attached hydrogens (tertiary/aromatic N) is 2. The maximum Gasteiger partial charge on any atom is 0.0220 e. The molecule has 0 aromatic rings. The maximum absolute atomic E-state index is 5.91. The van der Waals surface area contributed by atoms with E-state index in [1.165, 1.54) is 58.2 Å². The molecule has 1 aliphatic heterocycles. The molecule has 3 nitrogen and oxygen atoms in total. The summed E-state index contributed by atoms with van der Waals surface area (Å²) in [5.74, 6) is 0. The van der Waals surface area contributed by atoms with E-state index in [0.717, 1.165) is 12.6 Å². The molecule has 1 saturated heterocycles. The molecule has 0 aromatic heterocycles. The van der Waals surface area contributed by atoms with E-state index < -0.39 is 0 Å². The highest BCUT2D eigenvalue weighted by atomic mass is 15.2. The average Bonchev–Trinajstić information content (AvgIpc) is 2.64. The van der Waals surface area contributed by atoms with Crippen molar-refractivity contribution in [1.29, 1.82) is 0 Å². The maximum atomic E-state index is 5.91. The Morgan fingerprint density at radius 2 is 2.12 bits per heavy atom. The average molecular weight is 239 g/mol. The standard InChI is InChI=1S/C14H29N3/c1-16(11-13-5-3-9-17(13)2)10-8-14(12-15)6-4-7-14/h13H,3-12,15H2,1-2H3. The molecule has 1 saturated carbocycles. The van der Waals surface area contributed by atoms with Crippen molar-refractivity contribution in [3.63, 3.8) is 0 Å². The van der Waals surface area contributed by atoms with Crippen molar-refractivity contribution in [1.82, 2.24) is 9.80 Å². The molecule has 2 fully saturated rings. The predicted octanol–water partition coefficient (Wildman–Crippen LogP) is 1.53. The van der Waals surface area contributed by atoms with Crippen molar-refractivity contribution >= 4 is 0 Å². The second-order valence-electron chi connectivity index (χ2n) is 6.35. The third kappa shape index (κ3) is 3.21. The molecular weight excluding hydrogens is 210 g/mol. The van der Waals surface area contributed by atoms with Gasteiger partial charge in [0.15, 0.2) is 0 Å². The number of hydrogen-bond acceptors (Lipinski definition) is 3. The molecule has 2 aliphatic rings. The lowest BCUT2D eigenvalue weighted by Crippen LogP contribution is -2.42. The molecule has 0 radical (unpaired) electrons. The summed E-state index contributed by atoms with van der Waals surface area (Å²) in [6.45, 7) is 4.63. The highest BCUT2D eigenvalue weighted by molar-refractivity contribution is 4.89. The summed E-state index contributed by atoms with van der Waals surface area (Å²) in [6, 6.07) is 0.787. The fraction of sp³-hybridized carbons (Fsp3) is 1.00. The molecule has 0 amide bonds. The Bertz CT molecular complexity index is 232. The zero-order valence-corrected chi connectivity index (χ0v) is 11.6. The van der Waals surface area contributed by atoms with Crippen molar-refractivity contribution in [3.8, 4) is 0 Å². The number of hydrogen-bond donors (Lipinski definition) is 1. The monoisotopic (exact) mass is 239 g/mol. The molecular formula is C14H29N3. The first kappa shape index (κ1) is 13.3. The first-order valence-corrected chi connectivity index (χ1v) is 7.24. The summed E-state index contributed by atoms with van der Waals surface area (Å²) < 4.78 is 0. The summed E-state index contributed by atoms with van der Waals surface area (Å²) in [5.41, 5.74) is 6.42. The smallest absolute Gasteiger partial charge is 0.0220 e. The van der Waals surface area contributed by atoms with E-state index in [1.807, 2.05) is 0 Å². The van der Waals surface area contributed by atoms with Crippen LogP contribution in [-0.4, -0.2) is 56.1 Å². The highest BCUT2D eigenvalue weighted by Gasteiger charge is 2.35. The van der Waals surface area contributed by atoms with E-state index in [4.69, 9.17) is 5.73 Å². The molecule has 1 unspecified atom stereocenters. The lowest BCUT2D eigenvalue weighted by molar-refractivity contribution is 0.106. The second-order valence-corrected chi connectivity index (χ2v) is 6.35. The van der Waals surface area contributed by atoms with Gasteiger partial charge in [0.25, 0.3) is 0 Å². The van der Waals surface area contributed by atoms with E-state index in [0.29, 0.717) is 5.41 Å². The van der Waals surface area contributed by atoms with Gasteiger partial charge in [-0.05, 0) is 71.2 Å². The van der Waals surface area contributed by atoms with Gasteiger partial charge < -0.3 is 15.5 Å². The molecule has 17 heavy (non-hydrogen) atoms. The summed E-state index contributed by atoms with van der Waals surface area (Å²) in [5, 5.41) is 0. The summed E-state index contributed by atoms with van der Waals surface area (Å²) >= 11 is 0. The van der Waals surface area contributed by atoms with Crippen molar-refractivity contribution in [2.24, 2.45) is 11.1 Å². The lowest BCUT2D eigenvalue weighted by Gasteiger charge is -2.42. The van der Waals surface area contributed by atoms with Crippen LogP contribution >= 0.6 is 0 Å². The van der Waals surface area contributed by atoms with Gasteiger partial charge in [-0.2, -0.15) is 0 Å². The quantitative estimate of drug-likeness (QED) is 0.763. The van der Waals surface area contributed by atoms with Crippen LogP contribution in [0.2, 0.25) is 0 Å². The lowest BCUT2D eigenvalue weighted by atomic mass is 9.66. The van der Waals surface area contributed by atoms with Crippen LogP contribution in [0.3, 0.4) is 0 Å². The number of rotatable bonds is 6. The third-order valence-corrected chi connectivity index (χ3v) is 5.07. The molecule has 1 aliphatic carbocycles. The van der Waals surface area contributed by atoms with Crippen molar-refractivity contribution in [3.05, 3.63) is 0 Å². The van der Waals surface area contributed by atoms with Crippen molar-refractivity contribution in [2.75, 3.05) is 40.3 Å². The minimum Gasteiger partial charge on any atom is -0.330 e. The Balaban J connectivity index is 1.68. The van der Waals surface area contributed by atoms with Crippen LogP contribution in [0.1, 0.15) is 38.5 Å². The molecule has 0 spiro atoms. The molecule has 2 N–H and O–H groups in total. The Kier molecular flexibility index (Phi) is 4.45. The van der Waals surface area contributed by atoms with E-state index >= 15 is 0 Å². The fourth-order valence-electron chi connectivity index (χ4n) is 3.32. The summed E-state index contributed by atoms with van der Waals surface area (Å²) in [6.07, 6.45) is 8.18. The molecule has 3 heteroatoms. The van der Waals surface area contributed by atoms with Gasteiger partial charge in [0.2, 0.25) is 0 Å². The van der Waals surface area contributed by atoms with Crippen LogP contribution < -0.4 is 5.73 Å². The number of likely N-dealkylation sites (N-methyl/N-ethyl adjacent to an activating group) is 2.